The summed E-state index contributed by atoms with van der Waals surface area (Å²) in [4.78, 5) is 27.2. The average Bonchev–Trinajstić information content (AvgIpc) is 2.96. The van der Waals surface area contributed by atoms with Crippen molar-refractivity contribution in [2.75, 3.05) is 11.4 Å². The smallest absolute Gasteiger partial charge is 0.260 e. The zero-order valence-corrected chi connectivity index (χ0v) is 15.4. The Bertz CT molecular complexity index is 809. The van der Waals surface area contributed by atoms with Crippen LogP contribution in [0.15, 0.2) is 46.9 Å². The summed E-state index contributed by atoms with van der Waals surface area (Å²) >= 11 is 9.58. The van der Waals surface area contributed by atoms with Gasteiger partial charge in [0.15, 0.2) is 0 Å². The molecule has 2 aromatic carbocycles. The topological polar surface area (TPSA) is 49.4 Å². The van der Waals surface area contributed by atoms with Crippen molar-refractivity contribution in [1.82, 2.24) is 5.32 Å². The molecule has 1 aliphatic rings. The van der Waals surface area contributed by atoms with Crippen molar-refractivity contribution in [2.24, 2.45) is 0 Å². The summed E-state index contributed by atoms with van der Waals surface area (Å²) in [5.41, 5.74) is 2.11. The molecule has 0 bridgehead atoms. The Morgan fingerprint density at radius 3 is 2.79 bits per heavy atom. The lowest BCUT2D eigenvalue weighted by atomic mass is 10.1. The molecule has 3 rings (SSSR count). The van der Waals surface area contributed by atoms with Crippen LogP contribution in [0.2, 0.25) is 5.02 Å². The van der Waals surface area contributed by atoms with E-state index in [1.165, 1.54) is 0 Å². The molecular formula is C18H16BrClN2O2. The fourth-order valence-corrected chi connectivity index (χ4v) is 3.49. The number of amides is 2. The van der Waals surface area contributed by atoms with Gasteiger partial charge in [-0.15, -0.1) is 0 Å². The maximum Gasteiger partial charge on any atom is 0.260 e. The van der Waals surface area contributed by atoms with E-state index in [9.17, 15) is 9.59 Å². The zero-order chi connectivity index (χ0) is 17.3. The van der Waals surface area contributed by atoms with Gasteiger partial charge in [-0.05, 0) is 36.8 Å². The second-order valence-electron chi connectivity index (χ2n) is 5.54. The molecule has 0 aromatic heterocycles. The minimum absolute atomic E-state index is 0.159. The number of fused-ring (bicyclic) bond motifs is 1. The summed E-state index contributed by atoms with van der Waals surface area (Å²) < 4.78 is 0.761. The molecule has 1 unspecified atom stereocenters. The van der Waals surface area contributed by atoms with Gasteiger partial charge >= 0.3 is 0 Å². The first-order valence-electron chi connectivity index (χ1n) is 7.67. The highest BCUT2D eigenvalue weighted by atomic mass is 79.9. The number of hydrogen-bond donors (Lipinski definition) is 1. The Morgan fingerprint density at radius 2 is 2.04 bits per heavy atom. The summed E-state index contributed by atoms with van der Waals surface area (Å²) in [5, 5.41) is 3.17. The number of para-hydroxylation sites is 1. The number of nitrogens with one attached hydrogen (secondary N) is 1. The van der Waals surface area contributed by atoms with Crippen LogP contribution in [0.4, 0.5) is 5.69 Å². The van der Waals surface area contributed by atoms with Gasteiger partial charge in [0, 0.05) is 23.1 Å². The zero-order valence-electron chi connectivity index (χ0n) is 13.1. The van der Waals surface area contributed by atoms with Gasteiger partial charge in [-0.25, -0.2) is 0 Å². The summed E-state index contributed by atoms with van der Waals surface area (Å²) in [6.07, 6.45) is 0.499. The van der Waals surface area contributed by atoms with Crippen LogP contribution in [0.25, 0.3) is 0 Å². The second-order valence-corrected chi connectivity index (χ2v) is 6.87. The first kappa shape index (κ1) is 17.0. The van der Waals surface area contributed by atoms with Crippen molar-refractivity contribution in [3.8, 4) is 0 Å². The normalized spacial score (nSPS) is 16.0. The number of carbonyl (C=O) groups excluding carboxylic acids is 2. The van der Waals surface area contributed by atoms with E-state index >= 15 is 0 Å². The minimum atomic E-state index is -0.565. The molecule has 0 spiro atoms. The van der Waals surface area contributed by atoms with Crippen LogP contribution in [0, 0.1) is 0 Å². The molecule has 0 saturated heterocycles. The number of carbonyl (C=O) groups is 2. The van der Waals surface area contributed by atoms with Gasteiger partial charge in [0.2, 0.25) is 5.91 Å². The lowest BCUT2D eigenvalue weighted by Crippen LogP contribution is -2.48. The Hall–Kier alpha value is -1.85. The summed E-state index contributed by atoms with van der Waals surface area (Å²) in [6, 6.07) is 12.1. The Labute approximate surface area is 153 Å². The van der Waals surface area contributed by atoms with Crippen LogP contribution in [0.1, 0.15) is 22.8 Å². The van der Waals surface area contributed by atoms with Gasteiger partial charge in [-0.3, -0.25) is 14.5 Å². The first-order valence-corrected chi connectivity index (χ1v) is 8.84. The third-order valence-electron chi connectivity index (χ3n) is 4.01. The number of halogens is 2. The van der Waals surface area contributed by atoms with E-state index < -0.39 is 6.04 Å². The van der Waals surface area contributed by atoms with E-state index in [-0.39, 0.29) is 11.8 Å². The maximum atomic E-state index is 13.1. The van der Waals surface area contributed by atoms with E-state index in [2.05, 4.69) is 21.2 Å². The highest BCUT2D eigenvalue weighted by Gasteiger charge is 2.38. The molecule has 24 heavy (non-hydrogen) atoms. The van der Waals surface area contributed by atoms with E-state index in [1.54, 1.807) is 23.1 Å². The van der Waals surface area contributed by atoms with Gasteiger partial charge in [0.1, 0.15) is 6.04 Å². The molecule has 2 aromatic rings. The van der Waals surface area contributed by atoms with Crippen molar-refractivity contribution in [1.29, 1.82) is 0 Å². The van der Waals surface area contributed by atoms with Crippen LogP contribution < -0.4 is 10.2 Å². The molecule has 1 N–H and O–H groups in total. The number of benzene rings is 2. The molecule has 4 nitrogen and oxygen atoms in total. The molecule has 1 atom stereocenters. The number of rotatable bonds is 3. The van der Waals surface area contributed by atoms with Crippen molar-refractivity contribution < 1.29 is 9.59 Å². The third-order valence-corrected chi connectivity index (χ3v) is 4.83. The number of likely N-dealkylation sites (N-methyl/N-ethyl adjacent to an activating group) is 1. The maximum absolute atomic E-state index is 13.1. The molecule has 0 saturated carbocycles. The van der Waals surface area contributed by atoms with Crippen LogP contribution in [-0.4, -0.2) is 24.4 Å². The third kappa shape index (κ3) is 3.06. The predicted molar refractivity (Wildman–Crippen MR) is 98.6 cm³/mol. The van der Waals surface area contributed by atoms with Gasteiger partial charge in [0.05, 0.1) is 10.6 Å². The van der Waals surface area contributed by atoms with Crippen LogP contribution in [0.3, 0.4) is 0 Å². The number of anilines is 1. The molecule has 0 fully saturated rings. The predicted octanol–water partition coefficient (Wildman–Crippen LogP) is 3.81. The molecule has 1 aliphatic heterocycles. The molecule has 0 radical (unpaired) electrons. The summed E-state index contributed by atoms with van der Waals surface area (Å²) in [5.74, 6) is -0.435. The van der Waals surface area contributed by atoms with Crippen molar-refractivity contribution in [3.63, 3.8) is 0 Å². The lowest BCUT2D eigenvalue weighted by molar-refractivity contribution is -0.122. The molecule has 0 aliphatic carbocycles. The highest BCUT2D eigenvalue weighted by molar-refractivity contribution is 9.10. The molecule has 1 heterocycles. The van der Waals surface area contributed by atoms with Gasteiger partial charge in [-0.2, -0.15) is 0 Å². The van der Waals surface area contributed by atoms with E-state index in [4.69, 9.17) is 11.6 Å². The fourth-order valence-electron chi connectivity index (χ4n) is 2.93. The largest absolute Gasteiger partial charge is 0.355 e. The van der Waals surface area contributed by atoms with E-state index in [0.29, 0.717) is 23.6 Å². The Kier molecular flexibility index (Phi) is 4.92. The second kappa shape index (κ2) is 6.95. The molecule has 2 amide bonds. The number of nitrogens with zero attached hydrogens (tertiary/aromatic N) is 1. The van der Waals surface area contributed by atoms with Crippen LogP contribution in [-0.2, 0) is 11.2 Å². The van der Waals surface area contributed by atoms with Gasteiger partial charge in [0.25, 0.3) is 5.91 Å². The first-order chi connectivity index (χ1) is 11.5. The minimum Gasteiger partial charge on any atom is -0.355 e. The standard InChI is InChI=1S/C18H16BrClN2O2/c1-2-21-17(23)16-9-11-5-3-4-6-15(11)22(16)18(24)13-10-12(19)7-8-14(13)20/h3-8,10,16H,2,9H2,1H3,(H,21,23). The summed E-state index contributed by atoms with van der Waals surface area (Å²) in [6.45, 7) is 2.38. The van der Waals surface area contributed by atoms with Crippen molar-refractivity contribution in [3.05, 3.63) is 63.1 Å². The number of hydrogen-bond acceptors (Lipinski definition) is 2. The monoisotopic (exact) mass is 406 g/mol. The SMILES string of the molecule is CCNC(=O)C1Cc2ccccc2N1C(=O)c1cc(Br)ccc1Cl. The molecule has 6 heteroatoms. The Balaban J connectivity index is 2.05. The van der Waals surface area contributed by atoms with Crippen LogP contribution >= 0.6 is 27.5 Å². The Morgan fingerprint density at radius 1 is 1.29 bits per heavy atom. The van der Waals surface area contributed by atoms with Crippen LogP contribution in [0.5, 0.6) is 0 Å². The fraction of sp³-hybridized carbons (Fsp3) is 0.222. The van der Waals surface area contributed by atoms with Gasteiger partial charge in [-0.1, -0.05) is 45.7 Å². The molecular weight excluding hydrogens is 392 g/mol. The van der Waals surface area contributed by atoms with Gasteiger partial charge < -0.3 is 5.32 Å². The average molecular weight is 408 g/mol. The highest BCUT2D eigenvalue weighted by Crippen LogP contribution is 2.35. The molecule has 124 valence electrons. The summed E-state index contributed by atoms with van der Waals surface area (Å²) in [7, 11) is 0. The van der Waals surface area contributed by atoms with E-state index in [0.717, 1.165) is 15.7 Å². The lowest BCUT2D eigenvalue weighted by Gasteiger charge is -2.25. The van der Waals surface area contributed by atoms with Crippen molar-refractivity contribution >= 4 is 45.0 Å². The van der Waals surface area contributed by atoms with E-state index in [1.807, 2.05) is 31.2 Å². The quantitative estimate of drug-likeness (QED) is 0.841. The van der Waals surface area contributed by atoms with Crippen molar-refractivity contribution in [2.45, 2.75) is 19.4 Å².